The summed E-state index contributed by atoms with van der Waals surface area (Å²) >= 11 is 0. The van der Waals surface area contributed by atoms with Crippen LogP contribution in [0, 0.1) is 16.7 Å². The number of hydrogen-bond acceptors (Lipinski definition) is 15. The number of aliphatic hydroxyl groups is 7. The highest BCUT2D eigenvalue weighted by atomic mass is 33.1. The van der Waals surface area contributed by atoms with Crippen LogP contribution in [0.2, 0.25) is 0 Å². The van der Waals surface area contributed by atoms with Crippen LogP contribution in [-0.2, 0) is 23.2 Å². The number of allylic oxidation sites excluding steroid dienone is 4. The Hall–Kier alpha value is -3.77. The minimum atomic E-state index is -2.27. The third kappa shape index (κ3) is 7.64. The molecule has 2 aliphatic heterocycles. The predicted molar refractivity (Wildman–Crippen MR) is 238 cm³/mol. The van der Waals surface area contributed by atoms with Gasteiger partial charge in [0.15, 0.2) is 11.6 Å². The second kappa shape index (κ2) is 17.6. The van der Waals surface area contributed by atoms with E-state index in [4.69, 9.17) is 9.47 Å². The van der Waals surface area contributed by atoms with E-state index in [1.165, 1.54) is 39.8 Å². The van der Waals surface area contributed by atoms with E-state index >= 15 is 9.59 Å². The molecule has 4 aliphatic carbocycles. The lowest BCUT2D eigenvalue weighted by Crippen LogP contribution is -2.69. The van der Waals surface area contributed by atoms with Crippen molar-refractivity contribution < 1.29 is 54.8 Å². The molecule has 63 heavy (non-hydrogen) atoms. The monoisotopic (exact) mass is 900 g/mol. The molecule has 9 atom stereocenters. The maximum atomic E-state index is 15.7. The number of nitrogens with zero attached hydrogens (tertiary/aromatic N) is 1. The van der Waals surface area contributed by atoms with Crippen LogP contribution in [0.25, 0.3) is 0 Å². The summed E-state index contributed by atoms with van der Waals surface area (Å²) in [6.45, 7) is -1.07. The van der Waals surface area contributed by atoms with Crippen LogP contribution in [0.3, 0.4) is 0 Å². The van der Waals surface area contributed by atoms with Crippen LogP contribution in [0.1, 0.15) is 102 Å². The summed E-state index contributed by atoms with van der Waals surface area (Å²) in [6.07, 6.45) is 5.61. The Morgan fingerprint density at radius 2 is 1.71 bits per heavy atom. The van der Waals surface area contributed by atoms with Crippen molar-refractivity contribution in [1.29, 1.82) is 0 Å². The number of carbonyl (C=O) groups is 2. The Bertz CT molecular complexity index is 2300. The molecule has 0 radical (unpaired) electrons. The maximum absolute atomic E-state index is 15.7. The number of pyridine rings is 1. The van der Waals surface area contributed by atoms with E-state index in [2.05, 4.69) is 10.3 Å². The van der Waals surface area contributed by atoms with Crippen molar-refractivity contribution in [2.24, 2.45) is 16.7 Å². The Labute approximate surface area is 374 Å². The molecule has 3 spiro atoms. The Morgan fingerprint density at radius 3 is 2.49 bits per heavy atom. The summed E-state index contributed by atoms with van der Waals surface area (Å²) in [5, 5.41) is 82.6. The predicted octanol–water partition coefficient (Wildman–Crippen LogP) is 5.71. The number of anilines is 1. The largest absolute Gasteiger partial charge is 0.511 e. The number of fused-ring (bicyclic) bond motifs is 5. The van der Waals surface area contributed by atoms with Crippen molar-refractivity contribution in [3.05, 3.63) is 112 Å². The van der Waals surface area contributed by atoms with Crippen molar-refractivity contribution in [2.75, 3.05) is 24.4 Å². The second-order valence-corrected chi connectivity index (χ2v) is 21.1. The molecule has 3 fully saturated rings. The fraction of sp³-hybridized carbons (Fsp3) is 0.521. The highest BCUT2D eigenvalue weighted by molar-refractivity contribution is 8.77. The quantitative estimate of drug-likeness (QED) is 0.133. The molecule has 6 bridgehead atoms. The van der Waals surface area contributed by atoms with Gasteiger partial charge in [-0.3, -0.25) is 9.59 Å². The Morgan fingerprint density at radius 1 is 0.921 bits per heavy atom. The van der Waals surface area contributed by atoms with Gasteiger partial charge < -0.3 is 50.5 Å². The summed E-state index contributed by atoms with van der Waals surface area (Å²) in [4.78, 5) is 35.4. The van der Waals surface area contributed by atoms with Gasteiger partial charge in [-0.25, -0.2) is 4.98 Å². The topological polar surface area (TPSA) is 219 Å². The van der Waals surface area contributed by atoms with Gasteiger partial charge in [-0.15, -0.1) is 0 Å². The second-order valence-electron chi connectivity index (χ2n) is 18.5. The van der Waals surface area contributed by atoms with E-state index < -0.39 is 70.4 Å². The van der Waals surface area contributed by atoms with Crippen LogP contribution in [0.15, 0.2) is 84.3 Å². The van der Waals surface area contributed by atoms with Gasteiger partial charge in [-0.05, 0) is 115 Å². The van der Waals surface area contributed by atoms with Crippen molar-refractivity contribution in [3.63, 3.8) is 0 Å². The summed E-state index contributed by atoms with van der Waals surface area (Å²) < 4.78 is 12.5. The van der Waals surface area contributed by atoms with Crippen molar-refractivity contribution >= 4 is 39.0 Å². The number of nitrogens with one attached hydrogen (secondary N) is 1. The number of rotatable bonds is 7. The lowest BCUT2D eigenvalue weighted by atomic mass is 9.57. The van der Waals surface area contributed by atoms with Gasteiger partial charge >= 0.3 is 0 Å². The van der Waals surface area contributed by atoms with Crippen LogP contribution < -0.4 is 10.1 Å². The van der Waals surface area contributed by atoms with E-state index in [-0.39, 0.29) is 60.5 Å². The lowest BCUT2D eigenvalue weighted by molar-refractivity contribution is -0.318. The van der Waals surface area contributed by atoms with Crippen molar-refractivity contribution in [1.82, 2.24) is 4.98 Å². The Balaban J connectivity index is 1.18. The molecule has 8 N–H and O–H groups in total. The van der Waals surface area contributed by atoms with Gasteiger partial charge in [0.05, 0.1) is 30.6 Å². The fourth-order valence-electron chi connectivity index (χ4n) is 11.8. The maximum Gasteiger partial charge on any atom is 0.229 e. The first-order chi connectivity index (χ1) is 30.4. The van der Waals surface area contributed by atoms with Gasteiger partial charge in [-0.1, -0.05) is 76.9 Å². The molecule has 1 aromatic heterocycles. The number of aromatic nitrogens is 1. The van der Waals surface area contributed by atoms with E-state index in [9.17, 15) is 35.7 Å². The minimum absolute atomic E-state index is 0.0379. The molecule has 15 heteroatoms. The standard InChI is InChI=1S/C48H56N2O11S2/c51-17-5-10-37-48-33(20-30(21-36(48)54)19-28-6-3-7-29(18-28)23-52)40(55)32-8-4-9-34(39(32)42(48)57)60-44-43(58)47(59,41(56)35(24-53)61-44)26-46(15-14-45(25-46)12-1-2-13-45)31-11-16-49-38(22-31)50-27-62-63-37/h3-4,6-9,11,16,18,20-22,33,35,37,41,43-44,51-54,56,58-59H,1-2,5,10,12-15,17,19,23-27H2,(H,49,50). The van der Waals surface area contributed by atoms with Gasteiger partial charge in [0.1, 0.15) is 46.7 Å². The molecule has 1 saturated heterocycles. The van der Waals surface area contributed by atoms with E-state index in [1.54, 1.807) is 24.4 Å². The molecule has 0 amide bonds. The molecular weight excluding hydrogens is 845 g/mol. The number of ether oxygens (including phenoxy) is 2. The van der Waals surface area contributed by atoms with Crippen LogP contribution >= 0.6 is 21.6 Å². The highest BCUT2D eigenvalue weighted by Crippen LogP contribution is 2.62. The molecule has 2 aromatic carbocycles. The molecule has 9 unspecified atom stereocenters. The van der Waals surface area contributed by atoms with E-state index in [0.29, 0.717) is 42.1 Å². The number of ketones is 2. The number of Topliss-reactive ketones (excluding diaryl/α,β-unsaturated/α-hetero) is 2. The number of benzene rings is 2. The Kier molecular flexibility index (Phi) is 12.4. The van der Waals surface area contributed by atoms with Crippen molar-refractivity contribution in [2.45, 2.75) is 118 Å². The van der Waals surface area contributed by atoms with Gasteiger partial charge in [0, 0.05) is 23.6 Å². The zero-order valence-corrected chi connectivity index (χ0v) is 36.7. The van der Waals surface area contributed by atoms with Crippen LogP contribution in [0.4, 0.5) is 5.82 Å². The third-order valence-electron chi connectivity index (χ3n) is 14.9. The first-order valence-corrected chi connectivity index (χ1v) is 24.4. The average molecular weight is 901 g/mol. The summed E-state index contributed by atoms with van der Waals surface area (Å²) in [5.41, 5.74) is -1.85. The van der Waals surface area contributed by atoms with Gasteiger partial charge in [-0.2, -0.15) is 0 Å². The van der Waals surface area contributed by atoms with E-state index in [1.807, 2.05) is 30.3 Å². The fourth-order valence-corrected chi connectivity index (χ4v) is 14.7. The van der Waals surface area contributed by atoms with Crippen LogP contribution in [0.5, 0.6) is 5.75 Å². The summed E-state index contributed by atoms with van der Waals surface area (Å²) in [7, 11) is 2.74. The van der Waals surface area contributed by atoms with Crippen LogP contribution in [-0.4, -0.2) is 107 Å². The SMILES string of the molecule is O=C1c2cccc3c2C(=O)C2(C(O)=CC(Cc4cccc(CO)c4)=CC12)C(CCCO)SSCNc1cc(ccn1)C1(CCC2(CCCC2)C1)CC1(O)C(O)C(CO)OC(O3)C1O. The molecular formula is C48H56N2O11S2. The van der Waals surface area contributed by atoms with Gasteiger partial charge in [0.2, 0.25) is 6.29 Å². The first-order valence-electron chi connectivity index (χ1n) is 22.0. The molecule has 336 valence electrons. The molecule has 3 heterocycles. The normalized spacial score (nSPS) is 33.7. The minimum Gasteiger partial charge on any atom is -0.511 e. The average Bonchev–Trinajstić information content (AvgIpc) is 3.91. The summed E-state index contributed by atoms with van der Waals surface area (Å²) in [5.74, 6) is -1.79. The number of aliphatic hydroxyl groups excluding tert-OH is 6. The lowest BCUT2D eigenvalue weighted by Gasteiger charge is -2.51. The zero-order valence-electron chi connectivity index (χ0n) is 35.0. The zero-order chi connectivity index (χ0) is 44.1. The molecule has 6 aliphatic rings. The smallest absolute Gasteiger partial charge is 0.229 e. The molecule has 2 saturated carbocycles. The van der Waals surface area contributed by atoms with Gasteiger partial charge in [0.25, 0.3) is 0 Å². The number of carbonyl (C=O) groups excluding carboxylic acids is 2. The van der Waals surface area contributed by atoms with Crippen molar-refractivity contribution in [3.8, 4) is 5.75 Å². The molecule has 9 rings (SSSR count). The molecule has 13 nitrogen and oxygen atoms in total. The first kappa shape index (κ1) is 44.4. The molecule has 3 aromatic rings. The number of hydrogen-bond donors (Lipinski definition) is 8. The highest BCUT2D eigenvalue weighted by Gasteiger charge is 2.64. The third-order valence-corrected chi connectivity index (χ3v) is 17.6. The summed E-state index contributed by atoms with van der Waals surface area (Å²) in [6, 6.07) is 15.8. The van der Waals surface area contributed by atoms with E-state index in [0.717, 1.165) is 43.2 Å².